The van der Waals surface area contributed by atoms with Crippen LogP contribution in [-0.2, 0) is 16.6 Å². The molecule has 0 unspecified atom stereocenters. The van der Waals surface area contributed by atoms with Gasteiger partial charge in [0.1, 0.15) is 0 Å². The van der Waals surface area contributed by atoms with Gasteiger partial charge < -0.3 is 10.6 Å². The number of hydrogen-bond donors (Lipinski definition) is 2. The summed E-state index contributed by atoms with van der Waals surface area (Å²) < 4.78 is 26.1. The van der Waals surface area contributed by atoms with E-state index in [1.807, 2.05) is 20.8 Å². The van der Waals surface area contributed by atoms with E-state index in [-0.39, 0.29) is 0 Å². The van der Waals surface area contributed by atoms with E-state index in [0.717, 1.165) is 12.1 Å². The smallest absolute Gasteiger partial charge is 0.243 e. The summed E-state index contributed by atoms with van der Waals surface area (Å²) in [6, 6.07) is 6.89. The Balaban J connectivity index is 2.76. The third-order valence-electron chi connectivity index (χ3n) is 3.06. The summed E-state index contributed by atoms with van der Waals surface area (Å²) in [4.78, 5) is 0.323. The van der Waals surface area contributed by atoms with E-state index >= 15 is 0 Å². The highest BCUT2D eigenvalue weighted by atomic mass is 32.2. The van der Waals surface area contributed by atoms with Crippen LogP contribution in [-0.4, -0.2) is 37.5 Å². The Morgan fingerprint density at radius 3 is 2.14 bits per heavy atom. The second-order valence-electron chi connectivity index (χ2n) is 4.45. The molecule has 0 aliphatic rings. The minimum atomic E-state index is -3.38. The largest absolute Gasteiger partial charge is 0.363 e. The molecule has 1 aromatic rings. The molecule has 0 saturated carbocycles. The number of hydrogen-bond acceptors (Lipinski definition) is 3. The van der Waals surface area contributed by atoms with E-state index in [1.165, 1.54) is 4.31 Å². The molecule has 0 fully saturated rings. The summed E-state index contributed by atoms with van der Waals surface area (Å²) in [5.41, 5.74) is 0.980. The van der Waals surface area contributed by atoms with Gasteiger partial charge in [0.25, 0.3) is 0 Å². The molecule has 0 spiro atoms. The fraction of sp³-hybridized carbons (Fsp3) is 0.500. The van der Waals surface area contributed by atoms with Crippen LogP contribution in [0.1, 0.15) is 26.3 Å². The van der Waals surface area contributed by atoms with Crippen molar-refractivity contribution in [2.45, 2.75) is 32.2 Å². The highest BCUT2D eigenvalue weighted by molar-refractivity contribution is 7.89. The molecule has 0 aromatic heterocycles. The standard InChI is InChI=1S/C14H23N3O2S2/c1-4-15-14(20)16-11-12-7-9-13(10-8-12)21(18,19)17(5-2)6-3/h7-10H,4-6,11H2,1-3H3,(H2,15,16,20). The first-order chi connectivity index (χ1) is 9.95. The van der Waals surface area contributed by atoms with Gasteiger partial charge in [0.2, 0.25) is 10.0 Å². The second kappa shape index (κ2) is 8.31. The number of nitrogens with one attached hydrogen (secondary N) is 2. The van der Waals surface area contributed by atoms with Crippen molar-refractivity contribution in [2.24, 2.45) is 0 Å². The molecule has 5 nitrogen and oxygen atoms in total. The normalized spacial score (nSPS) is 11.4. The van der Waals surface area contributed by atoms with Crippen molar-refractivity contribution in [2.75, 3.05) is 19.6 Å². The van der Waals surface area contributed by atoms with E-state index in [1.54, 1.807) is 24.3 Å². The number of sulfonamides is 1. The van der Waals surface area contributed by atoms with E-state index in [2.05, 4.69) is 10.6 Å². The lowest BCUT2D eigenvalue weighted by molar-refractivity contribution is 0.445. The monoisotopic (exact) mass is 329 g/mol. The third-order valence-corrected chi connectivity index (χ3v) is 5.41. The molecule has 21 heavy (non-hydrogen) atoms. The van der Waals surface area contributed by atoms with Crippen LogP contribution in [0, 0.1) is 0 Å². The van der Waals surface area contributed by atoms with E-state index in [4.69, 9.17) is 12.2 Å². The highest BCUT2D eigenvalue weighted by Gasteiger charge is 2.20. The summed E-state index contributed by atoms with van der Waals surface area (Å²) in [5, 5.41) is 6.66. The van der Waals surface area contributed by atoms with Gasteiger partial charge in [-0.1, -0.05) is 26.0 Å². The average molecular weight is 329 g/mol. The van der Waals surface area contributed by atoms with Crippen molar-refractivity contribution in [3.63, 3.8) is 0 Å². The van der Waals surface area contributed by atoms with E-state index in [9.17, 15) is 8.42 Å². The zero-order valence-electron chi connectivity index (χ0n) is 12.7. The van der Waals surface area contributed by atoms with E-state index in [0.29, 0.717) is 29.6 Å². The van der Waals surface area contributed by atoms with Crippen molar-refractivity contribution >= 4 is 27.4 Å². The minimum Gasteiger partial charge on any atom is -0.363 e. The molecular weight excluding hydrogens is 306 g/mol. The Morgan fingerprint density at radius 1 is 1.10 bits per heavy atom. The fourth-order valence-electron chi connectivity index (χ4n) is 1.90. The predicted molar refractivity (Wildman–Crippen MR) is 89.7 cm³/mol. The van der Waals surface area contributed by atoms with Crippen molar-refractivity contribution in [1.29, 1.82) is 0 Å². The van der Waals surface area contributed by atoms with Crippen LogP contribution in [0.4, 0.5) is 0 Å². The highest BCUT2D eigenvalue weighted by Crippen LogP contribution is 2.16. The van der Waals surface area contributed by atoms with Gasteiger partial charge in [0, 0.05) is 26.2 Å². The molecule has 118 valence electrons. The van der Waals surface area contributed by atoms with Crippen molar-refractivity contribution in [3.8, 4) is 0 Å². The molecule has 0 radical (unpaired) electrons. The van der Waals surface area contributed by atoms with Gasteiger partial charge in [0.05, 0.1) is 4.90 Å². The zero-order valence-corrected chi connectivity index (χ0v) is 14.4. The third kappa shape index (κ3) is 4.94. The molecule has 0 saturated heterocycles. The van der Waals surface area contributed by atoms with Gasteiger partial charge in [-0.15, -0.1) is 0 Å². The summed E-state index contributed by atoms with van der Waals surface area (Å²) >= 11 is 5.08. The molecule has 0 heterocycles. The molecule has 7 heteroatoms. The SMILES string of the molecule is CCNC(=S)NCc1ccc(S(=O)(=O)N(CC)CC)cc1. The molecule has 0 aliphatic heterocycles. The van der Waals surface area contributed by atoms with Crippen LogP contribution in [0.3, 0.4) is 0 Å². The first kappa shape index (κ1) is 17.9. The van der Waals surface area contributed by atoms with Crippen LogP contribution >= 0.6 is 12.2 Å². The Morgan fingerprint density at radius 2 is 1.67 bits per heavy atom. The first-order valence-corrected chi connectivity index (χ1v) is 8.91. The van der Waals surface area contributed by atoms with Crippen LogP contribution in [0.5, 0.6) is 0 Å². The van der Waals surface area contributed by atoms with Crippen molar-refractivity contribution in [1.82, 2.24) is 14.9 Å². The summed E-state index contributed by atoms with van der Waals surface area (Å²) in [6.07, 6.45) is 0. The summed E-state index contributed by atoms with van der Waals surface area (Å²) in [5.74, 6) is 0. The average Bonchev–Trinajstić information content (AvgIpc) is 2.47. The first-order valence-electron chi connectivity index (χ1n) is 7.06. The topological polar surface area (TPSA) is 61.4 Å². The van der Waals surface area contributed by atoms with Gasteiger partial charge >= 0.3 is 0 Å². The van der Waals surface area contributed by atoms with Crippen LogP contribution in [0.15, 0.2) is 29.2 Å². The minimum absolute atomic E-state index is 0.323. The summed E-state index contributed by atoms with van der Waals surface area (Å²) in [6.45, 7) is 7.92. The molecule has 0 atom stereocenters. The number of nitrogens with zero attached hydrogens (tertiary/aromatic N) is 1. The quantitative estimate of drug-likeness (QED) is 0.746. The van der Waals surface area contributed by atoms with Crippen LogP contribution < -0.4 is 10.6 Å². The lowest BCUT2D eigenvalue weighted by Crippen LogP contribution is -2.34. The van der Waals surface area contributed by atoms with Crippen molar-refractivity contribution in [3.05, 3.63) is 29.8 Å². The molecule has 2 N–H and O–H groups in total. The number of benzene rings is 1. The Hall–Kier alpha value is -1.18. The maximum Gasteiger partial charge on any atom is 0.243 e. The maximum atomic E-state index is 12.3. The fourth-order valence-corrected chi connectivity index (χ4v) is 3.57. The molecule has 0 amide bonds. The molecular formula is C14H23N3O2S2. The maximum absolute atomic E-state index is 12.3. The molecule has 0 aliphatic carbocycles. The molecule has 1 rings (SSSR count). The Labute approximate surface area is 132 Å². The van der Waals surface area contributed by atoms with E-state index < -0.39 is 10.0 Å². The number of thiocarbonyl (C=S) groups is 1. The lowest BCUT2D eigenvalue weighted by Gasteiger charge is -2.18. The van der Waals surface area contributed by atoms with Gasteiger partial charge in [0.15, 0.2) is 5.11 Å². The molecule has 0 bridgehead atoms. The Bertz CT molecular complexity index is 552. The Kier molecular flexibility index (Phi) is 7.07. The zero-order chi connectivity index (χ0) is 15.9. The number of rotatable bonds is 7. The molecule has 1 aromatic carbocycles. The van der Waals surface area contributed by atoms with Gasteiger partial charge in [-0.2, -0.15) is 4.31 Å². The van der Waals surface area contributed by atoms with Crippen LogP contribution in [0.25, 0.3) is 0 Å². The summed E-state index contributed by atoms with van der Waals surface area (Å²) in [7, 11) is -3.38. The van der Waals surface area contributed by atoms with Crippen molar-refractivity contribution < 1.29 is 8.42 Å². The lowest BCUT2D eigenvalue weighted by atomic mass is 10.2. The van der Waals surface area contributed by atoms with Gasteiger partial charge in [-0.05, 0) is 36.8 Å². The van der Waals surface area contributed by atoms with Gasteiger partial charge in [-0.3, -0.25) is 0 Å². The second-order valence-corrected chi connectivity index (χ2v) is 6.79. The van der Waals surface area contributed by atoms with Crippen LogP contribution in [0.2, 0.25) is 0 Å². The van der Waals surface area contributed by atoms with Gasteiger partial charge in [-0.25, -0.2) is 8.42 Å². The predicted octanol–water partition coefficient (Wildman–Crippen LogP) is 1.70.